The average molecular weight is 433 g/mol. The Kier molecular flexibility index (Phi) is 4.78. The van der Waals surface area contributed by atoms with Gasteiger partial charge in [0.15, 0.2) is 0 Å². The van der Waals surface area contributed by atoms with Crippen molar-refractivity contribution < 1.29 is 9.59 Å². The van der Waals surface area contributed by atoms with Gasteiger partial charge in [-0.3, -0.25) is 19.7 Å². The zero-order chi connectivity index (χ0) is 21.6. The zero-order valence-corrected chi connectivity index (χ0v) is 17.6. The van der Waals surface area contributed by atoms with Gasteiger partial charge >= 0.3 is 0 Å². The third-order valence-corrected chi connectivity index (χ3v) is 6.81. The second-order valence-electron chi connectivity index (χ2n) is 8.23. The highest BCUT2D eigenvalue weighted by atomic mass is 35.5. The molecule has 3 aromatic rings. The fraction of sp³-hybridized carbons (Fsp3) is 0.240. The number of nitrogens with one attached hydrogen (secondary N) is 1. The van der Waals surface area contributed by atoms with E-state index in [1.165, 1.54) is 0 Å². The molecule has 6 heteroatoms. The number of rotatable bonds is 4. The highest BCUT2D eigenvalue weighted by molar-refractivity contribution is 6.34. The number of hydrogen-bond donors (Lipinski definition) is 1. The van der Waals surface area contributed by atoms with Crippen molar-refractivity contribution in [3.63, 3.8) is 0 Å². The molecule has 1 saturated heterocycles. The van der Waals surface area contributed by atoms with Gasteiger partial charge in [0.25, 0.3) is 5.56 Å². The summed E-state index contributed by atoms with van der Waals surface area (Å²) in [5.74, 6) is -0.964. The summed E-state index contributed by atoms with van der Waals surface area (Å²) in [7, 11) is 0. The van der Waals surface area contributed by atoms with Crippen LogP contribution in [0.4, 0.5) is 0 Å². The van der Waals surface area contributed by atoms with Gasteiger partial charge in [-0.2, -0.15) is 0 Å². The van der Waals surface area contributed by atoms with Crippen molar-refractivity contribution in [2.75, 3.05) is 0 Å². The number of carbonyl (C=O) groups is 2. The number of pyridine rings is 1. The molecule has 1 aromatic heterocycles. The molecule has 2 aromatic carbocycles. The van der Waals surface area contributed by atoms with Crippen molar-refractivity contribution in [1.29, 1.82) is 0 Å². The summed E-state index contributed by atoms with van der Waals surface area (Å²) in [5.41, 5.74) is 3.36. The van der Waals surface area contributed by atoms with Gasteiger partial charge in [0.2, 0.25) is 11.8 Å². The lowest BCUT2D eigenvalue weighted by Gasteiger charge is -2.23. The molecule has 0 radical (unpaired) electrons. The van der Waals surface area contributed by atoms with Gasteiger partial charge < -0.3 is 4.57 Å². The first kappa shape index (κ1) is 19.8. The minimum atomic E-state index is -0.427. The van der Waals surface area contributed by atoms with Crippen molar-refractivity contribution in [3.8, 4) is 11.1 Å². The second-order valence-corrected chi connectivity index (χ2v) is 8.61. The summed E-state index contributed by atoms with van der Waals surface area (Å²) in [6, 6.07) is 19.0. The summed E-state index contributed by atoms with van der Waals surface area (Å²) < 4.78 is 1.82. The van der Waals surface area contributed by atoms with Gasteiger partial charge in [0, 0.05) is 24.2 Å². The first-order valence-corrected chi connectivity index (χ1v) is 10.8. The fourth-order valence-corrected chi connectivity index (χ4v) is 4.93. The van der Waals surface area contributed by atoms with Crippen LogP contribution in [0.2, 0.25) is 5.02 Å². The lowest BCUT2D eigenvalue weighted by Crippen LogP contribution is -2.39. The molecule has 1 unspecified atom stereocenters. The maximum atomic E-state index is 12.3. The summed E-state index contributed by atoms with van der Waals surface area (Å²) in [5, 5.41) is 2.93. The predicted octanol–water partition coefficient (Wildman–Crippen LogP) is 4.23. The Bertz CT molecular complexity index is 1240. The highest BCUT2D eigenvalue weighted by Crippen LogP contribution is 2.49. The molecule has 0 bridgehead atoms. The molecular formula is C25H21ClN2O3. The Balaban J connectivity index is 1.47. The van der Waals surface area contributed by atoms with Crippen molar-refractivity contribution in [2.45, 2.75) is 37.1 Å². The molecule has 2 heterocycles. The number of amides is 2. The van der Waals surface area contributed by atoms with Gasteiger partial charge in [-0.25, -0.2) is 0 Å². The number of nitrogens with zero attached hydrogens (tertiary/aromatic N) is 1. The minimum absolute atomic E-state index is 0.00376. The molecule has 2 amide bonds. The molecule has 1 atom stereocenters. The van der Waals surface area contributed by atoms with Gasteiger partial charge in [-0.1, -0.05) is 60.1 Å². The number of carbonyl (C=O) groups excluding carboxylic acids is 2. The summed E-state index contributed by atoms with van der Waals surface area (Å²) in [4.78, 5) is 36.1. The molecule has 0 spiro atoms. The second kappa shape index (κ2) is 7.50. The molecule has 1 N–H and O–H groups in total. The zero-order valence-electron chi connectivity index (χ0n) is 16.8. The maximum absolute atomic E-state index is 12.3. The number of halogens is 1. The Labute approximate surface area is 184 Å². The number of hydrogen-bond acceptors (Lipinski definition) is 3. The van der Waals surface area contributed by atoms with Crippen molar-refractivity contribution in [1.82, 2.24) is 9.88 Å². The third kappa shape index (κ3) is 3.39. The van der Waals surface area contributed by atoms with E-state index in [2.05, 4.69) is 17.4 Å². The van der Waals surface area contributed by atoms with E-state index < -0.39 is 5.92 Å². The van der Waals surface area contributed by atoms with Crippen LogP contribution in [0.1, 0.15) is 42.7 Å². The largest absolute Gasteiger partial charge is 0.305 e. The molecular weight excluding hydrogens is 412 g/mol. The molecule has 2 aliphatic rings. The van der Waals surface area contributed by atoms with E-state index in [-0.39, 0.29) is 22.9 Å². The Morgan fingerprint density at radius 1 is 0.935 bits per heavy atom. The monoisotopic (exact) mass is 432 g/mol. The van der Waals surface area contributed by atoms with E-state index in [4.69, 9.17) is 11.6 Å². The Morgan fingerprint density at radius 3 is 2.39 bits per heavy atom. The molecule has 5 rings (SSSR count). The van der Waals surface area contributed by atoms with Gasteiger partial charge in [-0.05, 0) is 42.0 Å². The van der Waals surface area contributed by atoms with E-state index in [1.54, 1.807) is 12.1 Å². The van der Waals surface area contributed by atoms with E-state index in [0.717, 1.165) is 35.1 Å². The molecule has 1 saturated carbocycles. The molecule has 156 valence electrons. The summed E-state index contributed by atoms with van der Waals surface area (Å²) in [6.45, 7) is 0. The molecule has 1 aliphatic heterocycles. The lowest BCUT2D eigenvalue weighted by molar-refractivity contribution is -0.134. The van der Waals surface area contributed by atoms with Gasteiger partial charge in [0.1, 0.15) is 0 Å². The van der Waals surface area contributed by atoms with E-state index >= 15 is 0 Å². The molecule has 2 fully saturated rings. The number of piperidine rings is 1. The van der Waals surface area contributed by atoms with Crippen LogP contribution < -0.4 is 10.9 Å². The van der Waals surface area contributed by atoms with Crippen molar-refractivity contribution >= 4 is 23.4 Å². The van der Waals surface area contributed by atoms with Crippen LogP contribution in [0, 0.1) is 0 Å². The van der Waals surface area contributed by atoms with Crippen LogP contribution >= 0.6 is 11.6 Å². The summed E-state index contributed by atoms with van der Waals surface area (Å²) in [6.07, 6.45) is 4.49. The normalized spacial score (nSPS) is 19.7. The van der Waals surface area contributed by atoms with Crippen LogP contribution in [0.15, 0.2) is 71.7 Å². The highest BCUT2D eigenvalue weighted by Gasteiger charge is 2.46. The number of imide groups is 1. The van der Waals surface area contributed by atoms with Crippen molar-refractivity contribution in [3.05, 3.63) is 93.4 Å². The van der Waals surface area contributed by atoms with Crippen LogP contribution in [0.25, 0.3) is 11.1 Å². The quantitative estimate of drug-likeness (QED) is 0.627. The predicted molar refractivity (Wildman–Crippen MR) is 119 cm³/mol. The Hall–Kier alpha value is -3.18. The molecule has 5 nitrogen and oxygen atoms in total. The third-order valence-electron chi connectivity index (χ3n) is 6.38. The van der Waals surface area contributed by atoms with Gasteiger partial charge in [0.05, 0.1) is 16.5 Å². The first-order chi connectivity index (χ1) is 15.0. The standard InChI is InChI=1S/C25H21ClN2O3/c26-23-18(4-3-5-19(23)20-11-12-21(29)27-24(20)31)16-7-9-17(10-8-16)25(13-14-25)28-15-2-1-6-22(28)30/h1-10,15,20H,11-14H2,(H,27,29,31). The van der Waals surface area contributed by atoms with Crippen LogP contribution in [-0.2, 0) is 15.1 Å². The van der Waals surface area contributed by atoms with E-state index in [1.807, 2.05) is 47.2 Å². The van der Waals surface area contributed by atoms with E-state index in [0.29, 0.717) is 17.9 Å². The van der Waals surface area contributed by atoms with Crippen LogP contribution in [0.5, 0.6) is 0 Å². The minimum Gasteiger partial charge on any atom is -0.305 e. The van der Waals surface area contributed by atoms with Crippen LogP contribution in [-0.4, -0.2) is 16.4 Å². The number of aromatic nitrogens is 1. The maximum Gasteiger partial charge on any atom is 0.251 e. The van der Waals surface area contributed by atoms with Crippen molar-refractivity contribution in [2.24, 2.45) is 0 Å². The summed E-state index contributed by atoms with van der Waals surface area (Å²) >= 11 is 6.73. The fourth-order valence-electron chi connectivity index (χ4n) is 4.56. The molecule has 31 heavy (non-hydrogen) atoms. The lowest BCUT2D eigenvalue weighted by atomic mass is 9.88. The Morgan fingerprint density at radius 2 is 1.71 bits per heavy atom. The number of benzene rings is 2. The van der Waals surface area contributed by atoms with Crippen LogP contribution in [0.3, 0.4) is 0 Å². The smallest absolute Gasteiger partial charge is 0.251 e. The SMILES string of the molecule is O=C1CCC(c2cccc(-c3ccc(C4(n5ccccc5=O)CC4)cc3)c2Cl)C(=O)N1. The first-order valence-electron chi connectivity index (χ1n) is 10.4. The molecule has 1 aliphatic carbocycles. The van der Waals surface area contributed by atoms with E-state index in [9.17, 15) is 14.4 Å². The average Bonchev–Trinajstić information content (AvgIpc) is 3.57. The van der Waals surface area contributed by atoms with Gasteiger partial charge in [-0.15, -0.1) is 0 Å². The topological polar surface area (TPSA) is 68.2 Å².